The first-order valence-electron chi connectivity index (χ1n) is 4.48. The van der Waals surface area contributed by atoms with Crippen molar-refractivity contribution in [1.29, 1.82) is 0 Å². The third kappa shape index (κ3) is 4.44. The third-order valence-electron chi connectivity index (χ3n) is 1.80. The second kappa shape index (κ2) is 5.60. The first kappa shape index (κ1) is 14.1. The maximum atomic E-state index is 11.9. The van der Waals surface area contributed by atoms with Gasteiger partial charge < -0.3 is 4.74 Å². The summed E-state index contributed by atoms with van der Waals surface area (Å²) in [5.41, 5.74) is 0.127. The van der Waals surface area contributed by atoms with Gasteiger partial charge in [0.05, 0.1) is 5.02 Å². The Morgan fingerprint density at radius 2 is 2.00 bits per heavy atom. The number of benzene rings is 1. The predicted molar refractivity (Wildman–Crippen MR) is 57.8 cm³/mol. The van der Waals surface area contributed by atoms with Crippen LogP contribution >= 0.6 is 23.2 Å². The van der Waals surface area contributed by atoms with Crippen LogP contribution < -0.4 is 4.74 Å². The number of ketones is 1. The number of rotatable bonds is 4. The summed E-state index contributed by atoms with van der Waals surface area (Å²) in [5, 5.41) is -0.0955. The first-order chi connectivity index (χ1) is 7.83. The molecule has 0 bridgehead atoms. The molecule has 1 aromatic rings. The van der Waals surface area contributed by atoms with Crippen LogP contribution in [0.4, 0.5) is 13.2 Å². The summed E-state index contributed by atoms with van der Waals surface area (Å²) < 4.78 is 39.4. The van der Waals surface area contributed by atoms with Crippen molar-refractivity contribution in [2.75, 3.05) is 5.88 Å². The summed E-state index contributed by atoms with van der Waals surface area (Å²) in [7, 11) is 0. The third-order valence-corrected chi connectivity index (χ3v) is 2.30. The predicted octanol–water partition coefficient (Wildman–Crippen LogP) is 4.05. The molecule has 0 N–H and O–H groups in total. The minimum Gasteiger partial charge on any atom is -0.406 e. The summed E-state index contributed by atoms with van der Waals surface area (Å²) in [6.45, 7) is 0. The molecule has 0 aliphatic carbocycles. The van der Waals surface area contributed by atoms with E-state index < -0.39 is 12.1 Å². The van der Waals surface area contributed by atoms with Crippen LogP contribution in [0, 0.1) is 0 Å². The number of carbonyl (C=O) groups is 1. The summed E-state index contributed by atoms with van der Waals surface area (Å²) in [6, 6.07) is 3.15. The molecule has 0 atom stereocenters. The van der Waals surface area contributed by atoms with Crippen LogP contribution in [0.1, 0.15) is 16.8 Å². The van der Waals surface area contributed by atoms with Crippen molar-refractivity contribution < 1.29 is 22.7 Å². The van der Waals surface area contributed by atoms with Gasteiger partial charge >= 0.3 is 6.36 Å². The fourth-order valence-corrected chi connectivity index (χ4v) is 1.59. The zero-order chi connectivity index (χ0) is 13.1. The summed E-state index contributed by atoms with van der Waals surface area (Å²) in [6.07, 6.45) is -4.72. The number of hydrogen-bond acceptors (Lipinski definition) is 2. The average molecular weight is 287 g/mol. The molecule has 1 aromatic carbocycles. The van der Waals surface area contributed by atoms with Gasteiger partial charge in [0.15, 0.2) is 5.78 Å². The minimum absolute atomic E-state index is 0.0702. The molecule has 0 aromatic heterocycles. The van der Waals surface area contributed by atoms with E-state index in [1.54, 1.807) is 0 Å². The van der Waals surface area contributed by atoms with Crippen molar-refractivity contribution in [3.63, 3.8) is 0 Å². The molecule has 0 aliphatic rings. The van der Waals surface area contributed by atoms with Crippen molar-refractivity contribution in [2.24, 2.45) is 0 Å². The van der Waals surface area contributed by atoms with Gasteiger partial charge in [-0.05, 0) is 18.2 Å². The lowest BCUT2D eigenvalue weighted by atomic mass is 10.1. The van der Waals surface area contributed by atoms with Gasteiger partial charge in [-0.3, -0.25) is 4.79 Å². The molecule has 0 heterocycles. The lowest BCUT2D eigenvalue weighted by molar-refractivity contribution is -0.274. The van der Waals surface area contributed by atoms with Crippen LogP contribution in [0.5, 0.6) is 5.75 Å². The second-order valence-corrected chi connectivity index (χ2v) is 3.84. The van der Waals surface area contributed by atoms with Gasteiger partial charge in [-0.15, -0.1) is 24.8 Å². The first-order valence-corrected chi connectivity index (χ1v) is 5.39. The molecule has 0 aliphatic heterocycles. The molecule has 2 nitrogen and oxygen atoms in total. The molecule has 0 unspecified atom stereocenters. The van der Waals surface area contributed by atoms with E-state index in [4.69, 9.17) is 23.2 Å². The topological polar surface area (TPSA) is 26.3 Å². The van der Waals surface area contributed by atoms with E-state index in [-0.39, 0.29) is 28.7 Å². The SMILES string of the molecule is O=C(CCCl)c1ccc(OC(F)(F)F)cc1Cl. The molecule has 0 saturated heterocycles. The molecule has 0 spiro atoms. The van der Waals surface area contributed by atoms with Crippen molar-refractivity contribution in [1.82, 2.24) is 0 Å². The highest BCUT2D eigenvalue weighted by atomic mass is 35.5. The lowest BCUT2D eigenvalue weighted by Crippen LogP contribution is -2.17. The van der Waals surface area contributed by atoms with E-state index >= 15 is 0 Å². The largest absolute Gasteiger partial charge is 0.573 e. The lowest BCUT2D eigenvalue weighted by Gasteiger charge is -2.10. The Balaban J connectivity index is 2.90. The van der Waals surface area contributed by atoms with Gasteiger partial charge in [-0.1, -0.05) is 11.6 Å². The van der Waals surface area contributed by atoms with Crippen molar-refractivity contribution in [3.8, 4) is 5.75 Å². The molecule has 0 saturated carbocycles. The quantitative estimate of drug-likeness (QED) is 0.617. The molecule has 0 fully saturated rings. The highest BCUT2D eigenvalue weighted by Crippen LogP contribution is 2.28. The molecule has 17 heavy (non-hydrogen) atoms. The Labute approximate surface area is 105 Å². The number of ether oxygens (including phenoxy) is 1. The van der Waals surface area contributed by atoms with Gasteiger partial charge in [0, 0.05) is 17.9 Å². The summed E-state index contributed by atoms with van der Waals surface area (Å²) in [4.78, 5) is 11.4. The van der Waals surface area contributed by atoms with Crippen LogP contribution in [0.15, 0.2) is 18.2 Å². The molecule has 0 amide bonds. The van der Waals surface area contributed by atoms with Crippen LogP contribution in [0.25, 0.3) is 0 Å². The second-order valence-electron chi connectivity index (χ2n) is 3.05. The van der Waals surface area contributed by atoms with Crippen LogP contribution in [-0.4, -0.2) is 18.0 Å². The highest BCUT2D eigenvalue weighted by Gasteiger charge is 2.31. The maximum absolute atomic E-state index is 11.9. The highest BCUT2D eigenvalue weighted by molar-refractivity contribution is 6.34. The van der Waals surface area contributed by atoms with E-state index in [0.29, 0.717) is 0 Å². The Bertz CT molecular complexity index is 419. The summed E-state index contributed by atoms with van der Waals surface area (Å²) >= 11 is 11.1. The smallest absolute Gasteiger partial charge is 0.406 e. The molecular weight excluding hydrogens is 280 g/mol. The van der Waals surface area contributed by atoms with Gasteiger partial charge in [-0.2, -0.15) is 0 Å². The van der Waals surface area contributed by atoms with Gasteiger partial charge in [-0.25, -0.2) is 0 Å². The number of halogens is 5. The zero-order valence-electron chi connectivity index (χ0n) is 8.35. The monoisotopic (exact) mass is 286 g/mol. The van der Waals surface area contributed by atoms with Gasteiger partial charge in [0.2, 0.25) is 0 Å². The van der Waals surface area contributed by atoms with Crippen LogP contribution in [-0.2, 0) is 0 Å². The zero-order valence-corrected chi connectivity index (χ0v) is 9.86. The van der Waals surface area contributed by atoms with Gasteiger partial charge in [0.25, 0.3) is 0 Å². The van der Waals surface area contributed by atoms with Crippen molar-refractivity contribution in [2.45, 2.75) is 12.8 Å². The summed E-state index contributed by atoms with van der Waals surface area (Å²) in [5.74, 6) is -0.677. The van der Waals surface area contributed by atoms with Crippen LogP contribution in [0.3, 0.4) is 0 Å². The average Bonchev–Trinajstić information content (AvgIpc) is 2.15. The van der Waals surface area contributed by atoms with E-state index in [9.17, 15) is 18.0 Å². The van der Waals surface area contributed by atoms with Crippen LogP contribution in [0.2, 0.25) is 5.02 Å². The van der Waals surface area contributed by atoms with E-state index in [1.807, 2.05) is 0 Å². The number of hydrogen-bond donors (Lipinski definition) is 0. The van der Waals surface area contributed by atoms with E-state index in [1.165, 1.54) is 6.07 Å². The number of Topliss-reactive ketones (excluding diaryl/α,β-unsaturated/α-hetero) is 1. The fraction of sp³-hybridized carbons (Fsp3) is 0.300. The van der Waals surface area contributed by atoms with Crippen molar-refractivity contribution in [3.05, 3.63) is 28.8 Å². The standard InChI is InChI=1S/C10H7Cl2F3O2/c11-4-3-9(16)7-2-1-6(5-8(7)12)17-10(13,14)15/h1-2,5H,3-4H2. The maximum Gasteiger partial charge on any atom is 0.573 e. The van der Waals surface area contributed by atoms with E-state index in [2.05, 4.69) is 4.74 Å². The Morgan fingerprint density at radius 1 is 1.35 bits per heavy atom. The van der Waals surface area contributed by atoms with Crippen molar-refractivity contribution >= 4 is 29.0 Å². The molecule has 0 radical (unpaired) electrons. The van der Waals surface area contributed by atoms with Gasteiger partial charge in [0.1, 0.15) is 5.75 Å². The fourth-order valence-electron chi connectivity index (χ4n) is 1.14. The molecule has 7 heteroatoms. The number of carbonyl (C=O) groups excluding carboxylic acids is 1. The molecule has 1 rings (SSSR count). The normalized spacial score (nSPS) is 11.4. The van der Waals surface area contributed by atoms with E-state index in [0.717, 1.165) is 12.1 Å². The Hall–Kier alpha value is -0.940. The molecule has 94 valence electrons. The minimum atomic E-state index is -4.79. The molecular formula is C10H7Cl2F3O2. The Kier molecular flexibility index (Phi) is 4.65. The Morgan fingerprint density at radius 3 is 2.47 bits per heavy atom. The number of alkyl halides is 4.